The number of aryl methyl sites for hydroxylation is 1. The first kappa shape index (κ1) is 24.6. The number of carbonyl (C=O) groups excluding carboxylic acids is 1. The molecule has 33 heavy (non-hydrogen) atoms. The molecule has 7 nitrogen and oxygen atoms in total. The number of halogens is 1. The topological polar surface area (TPSA) is 104 Å². The molecule has 3 rings (SSSR count). The predicted molar refractivity (Wildman–Crippen MR) is 127 cm³/mol. The summed E-state index contributed by atoms with van der Waals surface area (Å²) in [5.41, 5.74) is 3.26. The Bertz CT molecular complexity index is 1190. The van der Waals surface area contributed by atoms with Crippen LogP contribution >= 0.6 is 7.60 Å². The Hall–Kier alpha value is -3.06. The third-order valence-corrected chi connectivity index (χ3v) is 7.96. The molecule has 9 heteroatoms. The fraction of sp³-hybridized carbons (Fsp3) is 0.250. The molecular weight excluding hydrogens is 444 g/mol. The minimum atomic E-state index is -4.38. The molecule has 1 heterocycles. The van der Waals surface area contributed by atoms with Crippen LogP contribution in [-0.4, -0.2) is 25.5 Å². The second-order valence-electron chi connectivity index (χ2n) is 7.76. The quantitative estimate of drug-likeness (QED) is 0.314. The number of hydrogen-bond donors (Lipinski definition) is 3. The molecule has 0 saturated heterocycles. The summed E-state index contributed by atoms with van der Waals surface area (Å²) in [6.07, 6.45) is 5.24. The molecule has 0 radical (unpaired) electrons. The minimum Gasteiger partial charge on any atom is -0.324 e. The molecule has 3 aromatic rings. The first-order chi connectivity index (χ1) is 15.6. The number of carbonyl (C=O) groups is 1. The monoisotopic (exact) mass is 471 g/mol. The smallest absolute Gasteiger partial charge is 0.324 e. The van der Waals surface area contributed by atoms with Crippen LogP contribution in [0.2, 0.25) is 0 Å². The van der Waals surface area contributed by atoms with Crippen LogP contribution in [0.4, 0.5) is 10.1 Å². The lowest BCUT2D eigenvalue weighted by Gasteiger charge is -2.33. The highest BCUT2D eigenvalue weighted by Crippen LogP contribution is 2.60. The van der Waals surface area contributed by atoms with Crippen molar-refractivity contribution in [2.75, 3.05) is 5.32 Å². The van der Waals surface area contributed by atoms with E-state index < -0.39 is 12.8 Å². The Morgan fingerprint density at radius 2 is 1.73 bits per heavy atom. The fourth-order valence-corrected chi connectivity index (χ4v) is 5.25. The second-order valence-corrected chi connectivity index (χ2v) is 9.70. The number of rotatable bonds is 8. The molecule has 0 aliphatic rings. The van der Waals surface area contributed by atoms with Gasteiger partial charge in [-0.3, -0.25) is 14.0 Å². The Kier molecular flexibility index (Phi) is 7.32. The number of amides is 1. The van der Waals surface area contributed by atoms with Gasteiger partial charge in [0.05, 0.1) is 17.0 Å². The van der Waals surface area contributed by atoms with Crippen molar-refractivity contribution in [2.45, 2.75) is 31.8 Å². The number of nitrogens with zero attached hydrogens (tertiary/aromatic N) is 2. The van der Waals surface area contributed by atoms with Crippen LogP contribution in [0, 0.1) is 5.82 Å². The predicted octanol–water partition coefficient (Wildman–Crippen LogP) is 5.07. The van der Waals surface area contributed by atoms with E-state index in [2.05, 4.69) is 10.4 Å². The van der Waals surface area contributed by atoms with Crippen molar-refractivity contribution in [3.05, 3.63) is 77.9 Å². The molecule has 0 aliphatic heterocycles. The maximum absolute atomic E-state index is 13.2. The second kappa shape index (κ2) is 9.83. The van der Waals surface area contributed by atoms with E-state index in [9.17, 15) is 23.5 Å². The van der Waals surface area contributed by atoms with Crippen LogP contribution in [0.1, 0.15) is 37.9 Å². The summed E-state index contributed by atoms with van der Waals surface area (Å²) in [5, 5.41) is 5.72. The van der Waals surface area contributed by atoms with Crippen molar-refractivity contribution in [3.8, 4) is 11.1 Å². The molecule has 3 N–H and O–H groups in total. The third kappa shape index (κ3) is 5.14. The van der Waals surface area contributed by atoms with E-state index in [1.54, 1.807) is 74.2 Å². The molecule has 174 valence electrons. The molecule has 0 fully saturated rings. The maximum atomic E-state index is 13.2. The molecule has 2 aromatic carbocycles. The summed E-state index contributed by atoms with van der Waals surface area (Å²) in [5.74, 6) is -0.706. The van der Waals surface area contributed by atoms with Gasteiger partial charge in [0.15, 0.2) is 0 Å². The van der Waals surface area contributed by atoms with E-state index in [-0.39, 0.29) is 11.7 Å². The van der Waals surface area contributed by atoms with Gasteiger partial charge in [-0.05, 0) is 54.3 Å². The van der Waals surface area contributed by atoms with E-state index in [0.717, 1.165) is 11.1 Å². The van der Waals surface area contributed by atoms with Crippen molar-refractivity contribution in [3.63, 3.8) is 0 Å². The first-order valence-electron chi connectivity index (χ1n) is 10.5. The molecule has 1 amide bonds. The molecule has 0 unspecified atom stereocenters. The van der Waals surface area contributed by atoms with Crippen LogP contribution in [0.25, 0.3) is 17.2 Å². The normalized spacial score (nSPS) is 12.3. The Morgan fingerprint density at radius 3 is 2.27 bits per heavy atom. The average molecular weight is 471 g/mol. The van der Waals surface area contributed by atoms with Gasteiger partial charge >= 0.3 is 7.60 Å². The number of anilines is 1. The minimum absolute atomic E-state index is 0.295. The van der Waals surface area contributed by atoms with Crippen LogP contribution in [-0.2, 0) is 21.6 Å². The number of aromatic nitrogens is 2. The summed E-state index contributed by atoms with van der Waals surface area (Å²) in [4.78, 5) is 32.3. The molecule has 0 atom stereocenters. The summed E-state index contributed by atoms with van der Waals surface area (Å²) in [6, 6.07) is 12.6. The fourth-order valence-electron chi connectivity index (χ4n) is 3.94. The lowest BCUT2D eigenvalue weighted by molar-refractivity contribution is -0.111. The van der Waals surface area contributed by atoms with Gasteiger partial charge in [0.25, 0.3) is 0 Å². The summed E-state index contributed by atoms with van der Waals surface area (Å²) >= 11 is 0. The Labute approximate surface area is 192 Å². The maximum Gasteiger partial charge on any atom is 0.335 e. The summed E-state index contributed by atoms with van der Waals surface area (Å²) in [7, 11) is -2.63. The van der Waals surface area contributed by atoms with E-state index in [0.29, 0.717) is 29.8 Å². The van der Waals surface area contributed by atoms with E-state index in [1.807, 2.05) is 0 Å². The highest BCUT2D eigenvalue weighted by atomic mass is 31.2. The van der Waals surface area contributed by atoms with E-state index in [4.69, 9.17) is 0 Å². The zero-order chi connectivity index (χ0) is 24.2. The van der Waals surface area contributed by atoms with Gasteiger partial charge in [-0.15, -0.1) is 0 Å². The van der Waals surface area contributed by atoms with Gasteiger partial charge in [0.2, 0.25) is 5.91 Å². The van der Waals surface area contributed by atoms with Crippen LogP contribution in [0.15, 0.2) is 60.8 Å². The lowest BCUT2D eigenvalue weighted by atomic mass is 9.92. The lowest BCUT2D eigenvalue weighted by Crippen LogP contribution is -2.24. The van der Waals surface area contributed by atoms with Gasteiger partial charge in [0.1, 0.15) is 5.82 Å². The van der Waals surface area contributed by atoms with Gasteiger partial charge < -0.3 is 15.1 Å². The number of hydrogen-bond acceptors (Lipinski definition) is 3. The van der Waals surface area contributed by atoms with Crippen molar-refractivity contribution >= 4 is 25.3 Å². The average Bonchev–Trinajstić information content (AvgIpc) is 3.14. The third-order valence-electron chi connectivity index (χ3n) is 5.95. The molecular formula is C24H27FN3O4P. The van der Waals surface area contributed by atoms with Crippen molar-refractivity contribution in [1.82, 2.24) is 9.78 Å². The summed E-state index contributed by atoms with van der Waals surface area (Å²) < 4.78 is 27.0. The van der Waals surface area contributed by atoms with Crippen molar-refractivity contribution in [2.24, 2.45) is 7.05 Å². The molecule has 0 saturated carbocycles. The Balaban J connectivity index is 1.77. The number of nitrogens with one attached hydrogen (secondary N) is 1. The van der Waals surface area contributed by atoms with Crippen molar-refractivity contribution < 1.29 is 23.5 Å². The van der Waals surface area contributed by atoms with Gasteiger partial charge in [-0.2, -0.15) is 5.10 Å². The van der Waals surface area contributed by atoms with Crippen molar-refractivity contribution in [1.29, 1.82) is 0 Å². The highest BCUT2D eigenvalue weighted by Gasteiger charge is 2.45. The molecule has 1 aromatic heterocycles. The first-order valence-corrected chi connectivity index (χ1v) is 12.2. The molecule has 0 bridgehead atoms. The standard InChI is InChI=1S/C24H27FN3O4P/c1-4-24(5-2,33(30,31)32)18-8-12-20(13-9-18)27-23(29)15-14-22-21(16-26-28(22)3)17-6-10-19(25)11-7-17/h6-16H,4-5H2,1-3H3,(H,27,29)(H2,30,31,32)/b15-14+. The van der Waals surface area contributed by atoms with Crippen LogP contribution in [0.5, 0.6) is 0 Å². The molecule has 0 aliphatic carbocycles. The highest BCUT2D eigenvalue weighted by molar-refractivity contribution is 7.53. The zero-order valence-corrected chi connectivity index (χ0v) is 19.6. The number of benzene rings is 2. The Morgan fingerprint density at radius 1 is 1.12 bits per heavy atom. The van der Waals surface area contributed by atoms with Crippen LogP contribution in [0.3, 0.4) is 0 Å². The largest absolute Gasteiger partial charge is 0.335 e. The van der Waals surface area contributed by atoms with E-state index in [1.165, 1.54) is 18.2 Å². The zero-order valence-electron chi connectivity index (χ0n) is 18.7. The van der Waals surface area contributed by atoms with Gasteiger partial charge in [-0.1, -0.05) is 38.1 Å². The van der Waals surface area contributed by atoms with Crippen LogP contribution < -0.4 is 5.32 Å². The van der Waals surface area contributed by atoms with Gasteiger partial charge in [-0.25, -0.2) is 4.39 Å². The molecule has 0 spiro atoms. The summed E-state index contributed by atoms with van der Waals surface area (Å²) in [6.45, 7) is 3.50. The van der Waals surface area contributed by atoms with E-state index >= 15 is 0 Å². The SMILES string of the molecule is CCC(CC)(c1ccc(NC(=O)/C=C/c2c(-c3ccc(F)cc3)cnn2C)cc1)P(=O)(O)O. The van der Waals surface area contributed by atoms with Gasteiger partial charge in [0, 0.05) is 24.4 Å².